The monoisotopic (exact) mass is 133 g/mol. The number of anilines is 1. The van der Waals surface area contributed by atoms with Crippen LogP contribution in [-0.2, 0) is 0 Å². The molecule has 2 nitrogen and oxygen atoms in total. The quantitative estimate of drug-likeness (QED) is 0.484. The molecule has 0 spiro atoms. The van der Waals surface area contributed by atoms with Gasteiger partial charge < -0.3 is 0 Å². The van der Waals surface area contributed by atoms with Gasteiger partial charge in [-0.1, -0.05) is 18.2 Å². The lowest BCUT2D eigenvalue weighted by molar-refractivity contribution is 1.35. The highest BCUT2D eigenvalue weighted by Crippen LogP contribution is 2.03. The van der Waals surface area contributed by atoms with Crippen molar-refractivity contribution in [3.63, 3.8) is 0 Å². The molecule has 0 bridgehead atoms. The van der Waals surface area contributed by atoms with Crippen LogP contribution in [-0.4, -0.2) is 6.21 Å². The Kier molecular flexibility index (Phi) is 2.49. The van der Waals surface area contributed by atoms with Gasteiger partial charge in [-0.05, 0) is 19.1 Å². The summed E-state index contributed by atoms with van der Waals surface area (Å²) < 4.78 is 0. The van der Waals surface area contributed by atoms with Crippen LogP contribution in [0.15, 0.2) is 35.4 Å². The smallest absolute Gasteiger partial charge is 0.0805 e. The van der Waals surface area contributed by atoms with E-state index in [1.165, 1.54) is 0 Å². The van der Waals surface area contributed by atoms with E-state index in [2.05, 4.69) is 16.7 Å². The highest BCUT2D eigenvalue weighted by atomic mass is 15.3. The van der Waals surface area contributed by atoms with Crippen molar-refractivity contribution in [1.29, 1.82) is 0 Å². The van der Waals surface area contributed by atoms with Gasteiger partial charge in [0, 0.05) is 0 Å². The topological polar surface area (TPSA) is 24.4 Å². The molecular formula is C8H9N2. The number of para-hydroxylation sites is 1. The number of hydrogen-bond donors (Lipinski definition) is 1. The first-order chi connectivity index (χ1) is 4.93. The minimum absolute atomic E-state index is 0.983. The molecule has 1 rings (SSSR count). The third-order valence-electron chi connectivity index (χ3n) is 1.07. The zero-order chi connectivity index (χ0) is 7.23. The lowest BCUT2D eigenvalue weighted by Gasteiger charge is -1.95. The van der Waals surface area contributed by atoms with Gasteiger partial charge in [0.1, 0.15) is 0 Å². The summed E-state index contributed by atoms with van der Waals surface area (Å²) in [5, 5.41) is 3.74. The predicted octanol–water partition coefficient (Wildman–Crippen LogP) is 1.98. The molecule has 0 heterocycles. The van der Waals surface area contributed by atoms with E-state index >= 15 is 0 Å². The molecule has 0 saturated heterocycles. The number of benzene rings is 1. The molecule has 0 unspecified atom stereocenters. The molecule has 0 fully saturated rings. The molecule has 0 amide bonds. The van der Waals surface area contributed by atoms with Crippen LogP contribution in [0.4, 0.5) is 5.69 Å². The van der Waals surface area contributed by atoms with Crippen LogP contribution in [0.25, 0.3) is 0 Å². The van der Waals surface area contributed by atoms with E-state index in [1.54, 1.807) is 6.92 Å². The Balaban J connectivity index is 2.59. The van der Waals surface area contributed by atoms with E-state index in [0.29, 0.717) is 0 Å². The first-order valence-corrected chi connectivity index (χ1v) is 3.11. The summed E-state index contributed by atoms with van der Waals surface area (Å²) in [4.78, 5) is 0. The van der Waals surface area contributed by atoms with Crippen LogP contribution in [0.5, 0.6) is 0 Å². The van der Waals surface area contributed by atoms with Gasteiger partial charge in [-0.15, -0.1) is 0 Å². The van der Waals surface area contributed by atoms with Crippen molar-refractivity contribution in [1.82, 2.24) is 0 Å². The van der Waals surface area contributed by atoms with Crippen molar-refractivity contribution in [3.05, 3.63) is 30.3 Å². The molecule has 10 heavy (non-hydrogen) atoms. The Labute approximate surface area is 60.6 Å². The van der Waals surface area contributed by atoms with Crippen molar-refractivity contribution < 1.29 is 0 Å². The highest BCUT2D eigenvalue weighted by Gasteiger charge is 1.81. The first-order valence-electron chi connectivity index (χ1n) is 3.11. The van der Waals surface area contributed by atoms with Crippen LogP contribution in [0, 0.1) is 0 Å². The number of rotatable bonds is 2. The second kappa shape index (κ2) is 3.67. The van der Waals surface area contributed by atoms with E-state index in [9.17, 15) is 0 Å². The number of hydrazone groups is 1. The number of nitrogens with zero attached hydrogens (tertiary/aromatic N) is 1. The fraction of sp³-hybridized carbons (Fsp3) is 0.125. The molecule has 0 aromatic heterocycles. The van der Waals surface area contributed by atoms with Crippen LogP contribution in [0.1, 0.15) is 6.92 Å². The van der Waals surface area contributed by atoms with Gasteiger partial charge in [-0.3, -0.25) is 5.43 Å². The second-order valence-corrected chi connectivity index (χ2v) is 1.81. The van der Waals surface area contributed by atoms with E-state index in [0.717, 1.165) is 5.69 Å². The molecule has 2 heteroatoms. The van der Waals surface area contributed by atoms with Crippen molar-refractivity contribution in [2.45, 2.75) is 6.92 Å². The SMILES string of the molecule is C/[C]=N\Nc1ccccc1. The molecule has 51 valence electrons. The minimum atomic E-state index is 0.983. The lowest BCUT2D eigenvalue weighted by Crippen LogP contribution is -1.85. The molecule has 1 N–H and O–H groups in total. The zero-order valence-electron chi connectivity index (χ0n) is 5.83. The summed E-state index contributed by atoms with van der Waals surface area (Å²) in [6.07, 6.45) is 2.63. The summed E-state index contributed by atoms with van der Waals surface area (Å²) in [5.74, 6) is 0. The van der Waals surface area contributed by atoms with Crippen molar-refractivity contribution in [2.24, 2.45) is 5.10 Å². The fourth-order valence-electron chi connectivity index (χ4n) is 0.633. The Bertz CT molecular complexity index is 204. The van der Waals surface area contributed by atoms with E-state index < -0.39 is 0 Å². The van der Waals surface area contributed by atoms with Gasteiger partial charge >= 0.3 is 0 Å². The standard InChI is InChI=1S/C8H9N2/c1-2-9-10-8-6-4-3-5-7-8/h3-7,10H,1H3. The summed E-state index contributed by atoms with van der Waals surface area (Å²) in [7, 11) is 0. The zero-order valence-corrected chi connectivity index (χ0v) is 5.83. The highest BCUT2D eigenvalue weighted by molar-refractivity contribution is 5.56. The van der Waals surface area contributed by atoms with Gasteiger partial charge in [0.15, 0.2) is 0 Å². The van der Waals surface area contributed by atoms with Crippen molar-refractivity contribution >= 4 is 11.9 Å². The van der Waals surface area contributed by atoms with Crippen LogP contribution < -0.4 is 5.43 Å². The Morgan fingerprint density at radius 2 is 2.00 bits per heavy atom. The van der Waals surface area contributed by atoms with Crippen molar-refractivity contribution in [3.8, 4) is 0 Å². The molecule has 1 aromatic rings. The molecule has 0 aliphatic carbocycles. The largest absolute Gasteiger partial charge is 0.278 e. The van der Waals surface area contributed by atoms with Gasteiger partial charge in [0.2, 0.25) is 0 Å². The average molecular weight is 133 g/mol. The maximum atomic E-state index is 3.74. The number of hydrogen-bond acceptors (Lipinski definition) is 2. The van der Waals surface area contributed by atoms with E-state index in [4.69, 9.17) is 0 Å². The molecule has 1 aromatic carbocycles. The summed E-state index contributed by atoms with van der Waals surface area (Å²) in [6.45, 7) is 1.75. The van der Waals surface area contributed by atoms with Gasteiger partial charge in [0.25, 0.3) is 0 Å². The van der Waals surface area contributed by atoms with Gasteiger partial charge in [-0.25, -0.2) is 0 Å². The first kappa shape index (κ1) is 6.81. The molecular weight excluding hydrogens is 124 g/mol. The van der Waals surface area contributed by atoms with E-state index in [-0.39, 0.29) is 0 Å². The molecule has 0 saturated carbocycles. The number of nitrogens with one attached hydrogen (secondary N) is 1. The lowest BCUT2D eigenvalue weighted by atomic mass is 10.3. The Morgan fingerprint density at radius 1 is 1.30 bits per heavy atom. The molecule has 0 aliphatic rings. The fourth-order valence-corrected chi connectivity index (χ4v) is 0.633. The van der Waals surface area contributed by atoms with Crippen LogP contribution in [0.3, 0.4) is 0 Å². The molecule has 0 atom stereocenters. The minimum Gasteiger partial charge on any atom is -0.278 e. The predicted molar refractivity (Wildman–Crippen MR) is 43.2 cm³/mol. The summed E-state index contributed by atoms with van der Waals surface area (Å²) in [5.41, 5.74) is 3.79. The third kappa shape index (κ3) is 1.90. The third-order valence-corrected chi connectivity index (χ3v) is 1.07. The molecule has 0 aliphatic heterocycles. The Hall–Kier alpha value is -1.31. The van der Waals surface area contributed by atoms with Gasteiger partial charge in [0.05, 0.1) is 11.9 Å². The summed E-state index contributed by atoms with van der Waals surface area (Å²) in [6, 6.07) is 9.76. The van der Waals surface area contributed by atoms with Gasteiger partial charge in [-0.2, -0.15) is 5.10 Å². The maximum absolute atomic E-state index is 3.74. The average Bonchev–Trinajstić information content (AvgIpc) is 2.03. The van der Waals surface area contributed by atoms with Crippen LogP contribution >= 0.6 is 0 Å². The maximum Gasteiger partial charge on any atom is 0.0805 e. The van der Waals surface area contributed by atoms with Crippen molar-refractivity contribution in [2.75, 3.05) is 5.43 Å². The van der Waals surface area contributed by atoms with E-state index in [1.807, 2.05) is 30.3 Å². The molecule has 1 radical (unpaired) electrons. The normalized spacial score (nSPS) is 10.1. The Morgan fingerprint density at radius 3 is 2.60 bits per heavy atom. The second-order valence-electron chi connectivity index (χ2n) is 1.81. The van der Waals surface area contributed by atoms with Crippen LogP contribution in [0.2, 0.25) is 0 Å². The summed E-state index contributed by atoms with van der Waals surface area (Å²) >= 11 is 0.